The van der Waals surface area contributed by atoms with E-state index in [0.717, 1.165) is 17.0 Å². The first-order chi connectivity index (χ1) is 9.40. The molecule has 2 rings (SSSR count). The van der Waals surface area contributed by atoms with Crippen molar-refractivity contribution in [1.82, 2.24) is 0 Å². The van der Waals surface area contributed by atoms with Crippen LogP contribution in [-0.2, 0) is 0 Å². The van der Waals surface area contributed by atoms with Gasteiger partial charge in [0.15, 0.2) is 0 Å². The molecule has 0 aliphatic carbocycles. The van der Waals surface area contributed by atoms with E-state index in [1.807, 2.05) is 0 Å². The number of carbonyl (C=O) groups is 1. The first kappa shape index (κ1) is 14.5. The van der Waals surface area contributed by atoms with Crippen molar-refractivity contribution in [3.8, 4) is 0 Å². The van der Waals surface area contributed by atoms with Gasteiger partial charge in [-0.1, -0.05) is 15.9 Å². The molecule has 6 heteroatoms. The Labute approximate surface area is 123 Å². The molecule has 0 saturated carbocycles. The van der Waals surface area contributed by atoms with Crippen molar-refractivity contribution in [1.29, 1.82) is 0 Å². The second-order valence-corrected chi connectivity index (χ2v) is 5.12. The number of halogens is 3. The highest BCUT2D eigenvalue weighted by Gasteiger charge is 2.22. The van der Waals surface area contributed by atoms with Crippen LogP contribution in [0.5, 0.6) is 0 Å². The summed E-state index contributed by atoms with van der Waals surface area (Å²) in [5.74, 6) is -2.59. The lowest BCUT2D eigenvalue weighted by Gasteiger charge is -2.18. The maximum atomic E-state index is 13.8. The van der Waals surface area contributed by atoms with E-state index >= 15 is 0 Å². The van der Waals surface area contributed by atoms with E-state index in [1.165, 1.54) is 7.05 Å². The smallest absolute Gasteiger partial charge is 0.263 e. The third-order valence-electron chi connectivity index (χ3n) is 2.81. The number of nitrogens with two attached hydrogens (primary N) is 1. The van der Waals surface area contributed by atoms with E-state index in [4.69, 9.17) is 5.73 Å². The minimum absolute atomic E-state index is 0.235. The van der Waals surface area contributed by atoms with Gasteiger partial charge in [-0.05, 0) is 36.4 Å². The van der Waals surface area contributed by atoms with Gasteiger partial charge in [0.05, 0.1) is 0 Å². The summed E-state index contributed by atoms with van der Waals surface area (Å²) in [4.78, 5) is 13.3. The van der Waals surface area contributed by atoms with Crippen LogP contribution in [0.15, 0.2) is 40.9 Å². The second kappa shape index (κ2) is 5.58. The quantitative estimate of drug-likeness (QED) is 0.849. The summed E-state index contributed by atoms with van der Waals surface area (Å²) < 4.78 is 27.8. The lowest BCUT2D eigenvalue weighted by Crippen LogP contribution is -2.28. The molecule has 0 atom stereocenters. The number of hydrogen-bond acceptors (Lipinski definition) is 2. The molecule has 2 N–H and O–H groups in total. The van der Waals surface area contributed by atoms with Crippen LogP contribution in [0.2, 0.25) is 0 Å². The van der Waals surface area contributed by atoms with Crippen LogP contribution in [0, 0.1) is 11.6 Å². The highest BCUT2D eigenvalue weighted by molar-refractivity contribution is 9.10. The van der Waals surface area contributed by atoms with Gasteiger partial charge in [0, 0.05) is 22.9 Å². The van der Waals surface area contributed by atoms with E-state index in [1.54, 1.807) is 24.3 Å². The second-order valence-electron chi connectivity index (χ2n) is 4.20. The van der Waals surface area contributed by atoms with Crippen LogP contribution in [0.25, 0.3) is 0 Å². The molecule has 0 aliphatic heterocycles. The number of benzene rings is 2. The van der Waals surface area contributed by atoms with Crippen molar-refractivity contribution in [3.05, 3.63) is 58.1 Å². The molecule has 2 aromatic rings. The summed E-state index contributed by atoms with van der Waals surface area (Å²) in [6.45, 7) is 0. The van der Waals surface area contributed by atoms with Crippen molar-refractivity contribution in [2.45, 2.75) is 0 Å². The van der Waals surface area contributed by atoms with E-state index in [-0.39, 0.29) is 4.47 Å². The predicted molar refractivity (Wildman–Crippen MR) is 77.6 cm³/mol. The van der Waals surface area contributed by atoms with Crippen molar-refractivity contribution in [2.75, 3.05) is 17.7 Å². The molecule has 0 unspecified atom stereocenters. The molecular weight excluding hydrogens is 330 g/mol. The topological polar surface area (TPSA) is 46.3 Å². The van der Waals surface area contributed by atoms with Crippen LogP contribution in [-0.4, -0.2) is 13.0 Å². The lowest BCUT2D eigenvalue weighted by molar-refractivity contribution is 0.0985. The molecule has 0 heterocycles. The first-order valence-electron chi connectivity index (χ1n) is 5.68. The van der Waals surface area contributed by atoms with E-state index in [2.05, 4.69) is 15.9 Å². The molecule has 0 fully saturated rings. The average Bonchev–Trinajstić information content (AvgIpc) is 2.37. The monoisotopic (exact) mass is 340 g/mol. The Hall–Kier alpha value is -1.95. The van der Waals surface area contributed by atoms with Gasteiger partial charge >= 0.3 is 0 Å². The third kappa shape index (κ3) is 2.80. The minimum atomic E-state index is -0.913. The summed E-state index contributed by atoms with van der Waals surface area (Å²) in [5, 5.41) is 0. The number of carbonyl (C=O) groups excluding carboxylic acids is 1. The fourth-order valence-corrected chi connectivity index (χ4v) is 2.13. The van der Waals surface area contributed by atoms with Gasteiger partial charge in [-0.2, -0.15) is 0 Å². The highest BCUT2D eigenvalue weighted by atomic mass is 79.9. The SMILES string of the molecule is CN(C(=O)c1c(F)cc(Br)cc1F)c1ccc(N)cc1. The zero-order chi connectivity index (χ0) is 14.9. The first-order valence-corrected chi connectivity index (χ1v) is 6.47. The Bertz CT molecular complexity index is 636. The number of nitrogens with zero attached hydrogens (tertiary/aromatic N) is 1. The van der Waals surface area contributed by atoms with E-state index in [0.29, 0.717) is 11.4 Å². The predicted octanol–water partition coefficient (Wildman–Crippen LogP) is 3.59. The Balaban J connectivity index is 2.39. The molecular formula is C14H11BrF2N2O. The Morgan fingerprint density at radius 3 is 2.15 bits per heavy atom. The number of rotatable bonds is 2. The fourth-order valence-electron chi connectivity index (χ4n) is 1.73. The average molecular weight is 341 g/mol. The zero-order valence-electron chi connectivity index (χ0n) is 10.5. The standard InChI is InChI=1S/C14H11BrF2N2O/c1-19(10-4-2-9(18)3-5-10)14(20)13-11(16)6-8(15)7-12(13)17/h2-7H,18H2,1H3. The number of nitrogen functional groups attached to an aromatic ring is 1. The fraction of sp³-hybridized carbons (Fsp3) is 0.0714. The van der Waals surface area contributed by atoms with Crippen LogP contribution < -0.4 is 10.6 Å². The summed E-state index contributed by atoms with van der Waals surface area (Å²) in [6, 6.07) is 8.50. The highest BCUT2D eigenvalue weighted by Crippen LogP contribution is 2.23. The van der Waals surface area contributed by atoms with Crippen molar-refractivity contribution in [2.24, 2.45) is 0 Å². The lowest BCUT2D eigenvalue weighted by atomic mass is 10.1. The molecule has 0 spiro atoms. The molecule has 0 aromatic heterocycles. The molecule has 3 nitrogen and oxygen atoms in total. The Kier molecular flexibility index (Phi) is 4.04. The maximum Gasteiger partial charge on any atom is 0.263 e. The maximum absolute atomic E-state index is 13.8. The van der Waals surface area contributed by atoms with Crippen LogP contribution >= 0.6 is 15.9 Å². The van der Waals surface area contributed by atoms with Gasteiger partial charge in [0.25, 0.3) is 5.91 Å². The molecule has 0 saturated heterocycles. The number of amides is 1. The minimum Gasteiger partial charge on any atom is -0.399 e. The van der Waals surface area contributed by atoms with E-state index < -0.39 is 23.1 Å². The molecule has 0 bridgehead atoms. The third-order valence-corrected chi connectivity index (χ3v) is 3.26. The van der Waals surface area contributed by atoms with Gasteiger partial charge in [-0.3, -0.25) is 4.79 Å². The van der Waals surface area contributed by atoms with E-state index in [9.17, 15) is 13.6 Å². The number of anilines is 2. The molecule has 1 amide bonds. The summed E-state index contributed by atoms with van der Waals surface area (Å²) in [7, 11) is 1.44. The largest absolute Gasteiger partial charge is 0.399 e. The van der Waals surface area contributed by atoms with Gasteiger partial charge in [-0.15, -0.1) is 0 Å². The molecule has 0 aliphatic rings. The van der Waals surface area contributed by atoms with Gasteiger partial charge < -0.3 is 10.6 Å². The molecule has 2 aromatic carbocycles. The Morgan fingerprint density at radius 1 is 1.15 bits per heavy atom. The summed E-state index contributed by atoms with van der Waals surface area (Å²) in [5.41, 5.74) is 5.99. The molecule has 20 heavy (non-hydrogen) atoms. The van der Waals surface area contributed by atoms with Crippen LogP contribution in [0.3, 0.4) is 0 Å². The molecule has 104 valence electrons. The van der Waals surface area contributed by atoms with Gasteiger partial charge in [0.2, 0.25) is 0 Å². The number of hydrogen-bond donors (Lipinski definition) is 1. The normalized spacial score (nSPS) is 10.4. The van der Waals surface area contributed by atoms with Crippen LogP contribution in [0.4, 0.5) is 20.2 Å². The van der Waals surface area contributed by atoms with Crippen molar-refractivity contribution >= 4 is 33.2 Å². The summed E-state index contributed by atoms with van der Waals surface area (Å²) >= 11 is 2.97. The molecule has 0 radical (unpaired) electrons. The summed E-state index contributed by atoms with van der Waals surface area (Å²) in [6.07, 6.45) is 0. The van der Waals surface area contributed by atoms with Crippen LogP contribution in [0.1, 0.15) is 10.4 Å². The van der Waals surface area contributed by atoms with Gasteiger partial charge in [0.1, 0.15) is 17.2 Å². The van der Waals surface area contributed by atoms with Crippen molar-refractivity contribution in [3.63, 3.8) is 0 Å². The van der Waals surface area contributed by atoms with Gasteiger partial charge in [-0.25, -0.2) is 8.78 Å². The zero-order valence-corrected chi connectivity index (χ0v) is 12.1. The van der Waals surface area contributed by atoms with Crippen molar-refractivity contribution < 1.29 is 13.6 Å². The Morgan fingerprint density at radius 2 is 1.65 bits per heavy atom.